The number of fused-ring (bicyclic) bond motifs is 1. The van der Waals surface area contributed by atoms with Crippen molar-refractivity contribution >= 4 is 37.3 Å². The molecule has 2 aromatic heterocycles. The van der Waals surface area contributed by atoms with Gasteiger partial charge in [0.2, 0.25) is 0 Å². The molecule has 0 spiro atoms. The van der Waals surface area contributed by atoms with Crippen molar-refractivity contribution in [3.63, 3.8) is 0 Å². The highest BCUT2D eigenvalue weighted by Crippen LogP contribution is 2.25. The van der Waals surface area contributed by atoms with Crippen molar-refractivity contribution < 1.29 is 30.9 Å². The molecule has 0 aliphatic rings. The number of carbonyl (C=O) groups excluding carboxylic acids is 1. The van der Waals surface area contributed by atoms with E-state index in [9.17, 15) is 21.6 Å². The van der Waals surface area contributed by atoms with Crippen LogP contribution in [-0.2, 0) is 37.7 Å². The fourth-order valence-electron chi connectivity index (χ4n) is 4.92. The third-order valence-electron chi connectivity index (χ3n) is 7.46. The third kappa shape index (κ3) is 9.49. The van der Waals surface area contributed by atoms with Gasteiger partial charge in [-0.25, -0.2) is 22.9 Å². The zero-order chi connectivity index (χ0) is 35.1. The van der Waals surface area contributed by atoms with Gasteiger partial charge in [0, 0.05) is 24.2 Å². The normalized spacial score (nSPS) is 11.5. The molecule has 11 nitrogen and oxygen atoms in total. The first-order chi connectivity index (χ1) is 22.7. The number of aromatic nitrogens is 3. The van der Waals surface area contributed by atoms with Gasteiger partial charge in [-0.2, -0.15) is 8.42 Å². The average Bonchev–Trinajstić information content (AvgIpc) is 3.39. The first-order valence-electron chi connectivity index (χ1n) is 15.4. The summed E-state index contributed by atoms with van der Waals surface area (Å²) in [5.41, 5.74) is 7.68. The molecule has 1 amide bonds. The Balaban J connectivity index is 0.000000401. The second-order valence-corrected chi connectivity index (χ2v) is 14.5. The van der Waals surface area contributed by atoms with Crippen molar-refractivity contribution in [2.75, 3.05) is 6.61 Å². The van der Waals surface area contributed by atoms with Crippen LogP contribution in [0.25, 0.3) is 16.7 Å². The van der Waals surface area contributed by atoms with Crippen LogP contribution in [0.1, 0.15) is 53.7 Å². The molecule has 0 bridgehead atoms. The molecule has 0 atom stereocenters. The number of pyridine rings is 1. The average molecular weight is 693 g/mol. The molecule has 0 fully saturated rings. The molecule has 2 N–H and O–H groups in total. The molecule has 254 valence electrons. The second kappa shape index (κ2) is 15.5. The Morgan fingerprint density at radius 1 is 0.812 bits per heavy atom. The van der Waals surface area contributed by atoms with Crippen LogP contribution < -0.4 is 4.72 Å². The molecule has 48 heavy (non-hydrogen) atoms. The Kier molecular flexibility index (Phi) is 11.7. The molecule has 0 saturated carbocycles. The van der Waals surface area contributed by atoms with E-state index in [0.717, 1.165) is 69.9 Å². The predicted molar refractivity (Wildman–Crippen MR) is 184 cm³/mol. The summed E-state index contributed by atoms with van der Waals surface area (Å²) in [7, 11) is -7.99. The summed E-state index contributed by atoms with van der Waals surface area (Å²) in [6, 6.07) is 22.3. The molecular weight excluding hydrogens is 653 g/mol. The maximum Gasteiger partial charge on any atom is 0.421 e. The molecule has 2 heterocycles. The molecule has 0 radical (unpaired) electrons. The lowest BCUT2D eigenvalue weighted by atomic mass is 10.1. The maximum atomic E-state index is 12.3. The van der Waals surface area contributed by atoms with Crippen molar-refractivity contribution in [1.29, 1.82) is 0 Å². The number of benzene rings is 3. The van der Waals surface area contributed by atoms with Crippen LogP contribution in [0, 0.1) is 27.7 Å². The van der Waals surface area contributed by atoms with Gasteiger partial charge in [-0.1, -0.05) is 60.9 Å². The number of amides is 1. The Morgan fingerprint density at radius 2 is 1.40 bits per heavy atom. The molecule has 0 aliphatic heterocycles. The van der Waals surface area contributed by atoms with E-state index >= 15 is 0 Å². The van der Waals surface area contributed by atoms with E-state index in [1.807, 2.05) is 56.7 Å². The van der Waals surface area contributed by atoms with E-state index < -0.39 is 26.2 Å². The number of nitrogens with zero attached hydrogens (tertiary/aromatic N) is 3. The summed E-state index contributed by atoms with van der Waals surface area (Å²) >= 11 is 0. The summed E-state index contributed by atoms with van der Waals surface area (Å²) in [5.74, 6) is 1.01. The van der Waals surface area contributed by atoms with Gasteiger partial charge < -0.3 is 4.74 Å². The Hall–Kier alpha value is -4.59. The predicted octanol–water partition coefficient (Wildman–Crippen LogP) is 6.59. The second-order valence-electron chi connectivity index (χ2n) is 11.4. The van der Waals surface area contributed by atoms with Gasteiger partial charge in [0.15, 0.2) is 0 Å². The Morgan fingerprint density at radius 3 is 1.96 bits per heavy atom. The Bertz CT molecular complexity index is 2090. The van der Waals surface area contributed by atoms with E-state index in [4.69, 9.17) is 14.3 Å². The highest BCUT2D eigenvalue weighted by molar-refractivity contribution is 7.90. The lowest BCUT2D eigenvalue weighted by Crippen LogP contribution is -2.31. The van der Waals surface area contributed by atoms with Gasteiger partial charge in [0.25, 0.3) is 20.1 Å². The van der Waals surface area contributed by atoms with Crippen LogP contribution in [0.4, 0.5) is 4.79 Å². The largest absolute Gasteiger partial charge is 0.448 e. The van der Waals surface area contributed by atoms with Crippen molar-refractivity contribution in [3.8, 4) is 5.69 Å². The molecule has 5 rings (SSSR count). The van der Waals surface area contributed by atoms with Crippen molar-refractivity contribution in [1.82, 2.24) is 19.3 Å². The quantitative estimate of drug-likeness (QED) is 0.154. The first kappa shape index (κ1) is 36.2. The highest BCUT2D eigenvalue weighted by atomic mass is 32.2. The number of carbonyl (C=O) groups is 1. The molecule has 0 unspecified atom stereocenters. The number of rotatable bonds is 10. The number of hydrogen-bond acceptors (Lipinski definition) is 8. The molecule has 0 saturated heterocycles. The summed E-state index contributed by atoms with van der Waals surface area (Å²) in [6.07, 6.45) is 2.46. The van der Waals surface area contributed by atoms with E-state index in [0.29, 0.717) is 6.42 Å². The minimum Gasteiger partial charge on any atom is -0.448 e. The maximum absolute atomic E-state index is 12.3. The van der Waals surface area contributed by atoms with Gasteiger partial charge in [-0.3, -0.25) is 14.1 Å². The van der Waals surface area contributed by atoms with Crippen LogP contribution >= 0.6 is 0 Å². The van der Waals surface area contributed by atoms with Gasteiger partial charge in [-0.15, -0.1) is 0 Å². The molecular formula is C35H40N4O7S2. The van der Waals surface area contributed by atoms with Crippen molar-refractivity contribution in [2.45, 2.75) is 70.1 Å². The van der Waals surface area contributed by atoms with Crippen molar-refractivity contribution in [3.05, 3.63) is 113 Å². The van der Waals surface area contributed by atoms with Gasteiger partial charge in [-0.05, 0) is 82.1 Å². The summed E-state index contributed by atoms with van der Waals surface area (Å²) < 4.78 is 63.5. The minimum absolute atomic E-state index is 0.0112. The topological polar surface area (TPSA) is 158 Å². The zero-order valence-corrected chi connectivity index (χ0v) is 29.2. The number of sulfonamides is 1. The number of unbranched alkanes of at least 4 members (excludes halogenated alkanes) is 1. The van der Waals surface area contributed by atoms with Crippen LogP contribution in [0.2, 0.25) is 0 Å². The molecule has 3 aromatic carbocycles. The number of nitrogens with one attached hydrogen (secondary N) is 1. The lowest BCUT2D eigenvalue weighted by molar-refractivity contribution is 0.154. The van der Waals surface area contributed by atoms with Crippen LogP contribution in [0.3, 0.4) is 0 Å². The molecule has 0 aliphatic carbocycles. The van der Waals surface area contributed by atoms with Gasteiger partial charge in [0.05, 0.1) is 27.6 Å². The van der Waals surface area contributed by atoms with E-state index in [1.54, 1.807) is 24.3 Å². The number of ether oxygens (including phenoxy) is 1. The summed E-state index contributed by atoms with van der Waals surface area (Å²) in [4.78, 5) is 21.5. The highest BCUT2D eigenvalue weighted by Gasteiger charge is 2.19. The molecule has 13 heteroatoms. The van der Waals surface area contributed by atoms with Crippen LogP contribution in [0.15, 0.2) is 88.7 Å². The number of imidazole rings is 1. The fourth-order valence-corrected chi connectivity index (χ4v) is 6.29. The standard InChI is InChI=1S/C28H32N4O4S.C7H8O3S/c1-5-6-7-26-30-27-21(4)29-20(3)18-25(27)32(26)23-12-10-22(11-13-23)16-17-36-28(33)31-37(34,35)24-14-8-19(2)9-15-24;1-6-2-4-7(5-3-6)11(8,9)10/h8-15,18H,5-7,16-17H2,1-4H3,(H,31,33);2-5H,1H3,(H,8,9,10). The monoisotopic (exact) mass is 692 g/mol. The summed E-state index contributed by atoms with van der Waals surface area (Å²) in [5, 5.41) is 0. The smallest absolute Gasteiger partial charge is 0.421 e. The lowest BCUT2D eigenvalue weighted by Gasteiger charge is -2.11. The van der Waals surface area contributed by atoms with E-state index in [1.165, 1.54) is 24.3 Å². The zero-order valence-electron chi connectivity index (χ0n) is 27.6. The third-order valence-corrected chi connectivity index (χ3v) is 9.65. The summed E-state index contributed by atoms with van der Waals surface area (Å²) in [6.45, 7) is 9.89. The Labute approximate surface area is 281 Å². The fraction of sp³-hybridized carbons (Fsp3) is 0.286. The van der Waals surface area contributed by atoms with Crippen LogP contribution in [0.5, 0.6) is 0 Å². The first-order valence-corrected chi connectivity index (χ1v) is 18.4. The molecule has 5 aromatic rings. The van der Waals surface area contributed by atoms with Gasteiger partial charge in [0.1, 0.15) is 11.3 Å². The van der Waals surface area contributed by atoms with E-state index in [-0.39, 0.29) is 16.4 Å². The van der Waals surface area contributed by atoms with E-state index in [2.05, 4.69) is 22.5 Å². The van der Waals surface area contributed by atoms with Crippen LogP contribution in [-0.4, -0.2) is 48.6 Å². The SMILES string of the molecule is CCCCc1nc2c(C)nc(C)cc2n1-c1ccc(CCOC(=O)NS(=O)(=O)c2ccc(C)cc2)cc1.Cc1ccc(S(=O)(=O)O)cc1. The van der Waals surface area contributed by atoms with Crippen molar-refractivity contribution in [2.24, 2.45) is 0 Å². The minimum atomic E-state index is -4.02. The number of aryl methyl sites for hydroxylation is 5. The number of hydrogen-bond donors (Lipinski definition) is 2. The van der Waals surface area contributed by atoms with Gasteiger partial charge >= 0.3 is 6.09 Å².